The number of hydrogen-bond acceptors (Lipinski definition) is 2. The van der Waals surface area contributed by atoms with Gasteiger partial charge in [0.25, 0.3) is 0 Å². The molecule has 1 N–H and O–H groups in total. The van der Waals surface area contributed by atoms with E-state index < -0.39 is 0 Å². The van der Waals surface area contributed by atoms with Crippen molar-refractivity contribution in [3.05, 3.63) is 30.3 Å². The molecule has 2 rings (SSSR count). The van der Waals surface area contributed by atoms with Gasteiger partial charge in [0.05, 0.1) is 6.10 Å². The molecule has 1 unspecified atom stereocenters. The summed E-state index contributed by atoms with van der Waals surface area (Å²) in [5.74, 6) is 1.72. The van der Waals surface area contributed by atoms with Crippen molar-refractivity contribution in [2.45, 2.75) is 31.8 Å². The number of aliphatic hydroxyl groups is 1. The number of benzene rings is 1. The van der Waals surface area contributed by atoms with E-state index >= 15 is 0 Å². The Labute approximate surface area is 90.9 Å². The zero-order chi connectivity index (χ0) is 10.5. The highest BCUT2D eigenvalue weighted by atomic mass is 16.5. The molecular formula is C13H18O2. The van der Waals surface area contributed by atoms with Crippen LogP contribution in [0.2, 0.25) is 0 Å². The van der Waals surface area contributed by atoms with Crippen LogP contribution in [0.3, 0.4) is 0 Å². The minimum absolute atomic E-state index is 0.314. The lowest BCUT2D eigenvalue weighted by Gasteiger charge is -2.11. The van der Waals surface area contributed by atoms with Crippen LogP contribution in [-0.4, -0.2) is 17.8 Å². The molecule has 0 aliphatic heterocycles. The zero-order valence-corrected chi connectivity index (χ0v) is 8.93. The highest BCUT2D eigenvalue weighted by Gasteiger charge is 2.21. The second-order valence-corrected chi connectivity index (χ2v) is 4.30. The smallest absolute Gasteiger partial charge is 0.119 e. The summed E-state index contributed by atoms with van der Waals surface area (Å²) in [4.78, 5) is 0. The van der Waals surface area contributed by atoms with E-state index in [4.69, 9.17) is 4.74 Å². The molecule has 1 aliphatic carbocycles. The van der Waals surface area contributed by atoms with E-state index in [2.05, 4.69) is 0 Å². The van der Waals surface area contributed by atoms with Gasteiger partial charge in [-0.25, -0.2) is 0 Å². The second kappa shape index (κ2) is 5.17. The molecule has 1 fully saturated rings. The predicted molar refractivity (Wildman–Crippen MR) is 59.9 cm³/mol. The summed E-state index contributed by atoms with van der Waals surface area (Å²) in [5, 5.41) is 9.66. The van der Waals surface area contributed by atoms with Gasteiger partial charge < -0.3 is 9.84 Å². The number of hydrogen-bond donors (Lipinski definition) is 1. The van der Waals surface area contributed by atoms with Crippen molar-refractivity contribution in [3.63, 3.8) is 0 Å². The molecule has 0 radical (unpaired) electrons. The van der Waals surface area contributed by atoms with Crippen LogP contribution in [-0.2, 0) is 0 Å². The maximum atomic E-state index is 9.66. The standard InChI is InChI=1S/C13H18O2/c14-12(9-8-11-6-7-11)10-15-13-4-2-1-3-5-13/h1-5,11-12,14H,6-10H2. The van der Waals surface area contributed by atoms with E-state index in [1.807, 2.05) is 30.3 Å². The summed E-state index contributed by atoms with van der Waals surface area (Å²) in [5.41, 5.74) is 0. The van der Waals surface area contributed by atoms with Crippen molar-refractivity contribution in [2.75, 3.05) is 6.61 Å². The lowest BCUT2D eigenvalue weighted by atomic mass is 10.1. The minimum Gasteiger partial charge on any atom is -0.491 e. The van der Waals surface area contributed by atoms with E-state index in [0.29, 0.717) is 6.61 Å². The Morgan fingerprint density at radius 1 is 1.27 bits per heavy atom. The molecule has 0 bridgehead atoms. The quantitative estimate of drug-likeness (QED) is 0.775. The summed E-state index contributed by atoms with van der Waals surface area (Å²) in [6, 6.07) is 9.65. The third-order valence-corrected chi connectivity index (χ3v) is 2.79. The van der Waals surface area contributed by atoms with Crippen LogP contribution in [0.25, 0.3) is 0 Å². The molecule has 0 amide bonds. The summed E-state index contributed by atoms with van der Waals surface area (Å²) < 4.78 is 5.47. The second-order valence-electron chi connectivity index (χ2n) is 4.30. The Bertz CT molecular complexity index is 280. The van der Waals surface area contributed by atoms with Crippen molar-refractivity contribution < 1.29 is 9.84 Å². The van der Waals surface area contributed by atoms with Gasteiger partial charge >= 0.3 is 0 Å². The average Bonchev–Trinajstić information content (AvgIpc) is 3.09. The molecule has 1 atom stereocenters. The Morgan fingerprint density at radius 2 is 2.00 bits per heavy atom. The van der Waals surface area contributed by atoms with Crippen LogP contribution in [0.15, 0.2) is 30.3 Å². The summed E-state index contributed by atoms with van der Waals surface area (Å²) in [7, 11) is 0. The first kappa shape index (κ1) is 10.5. The average molecular weight is 206 g/mol. The van der Waals surface area contributed by atoms with Gasteiger partial charge in [0.1, 0.15) is 12.4 Å². The molecule has 1 saturated carbocycles. The van der Waals surface area contributed by atoms with Crippen molar-refractivity contribution in [3.8, 4) is 5.75 Å². The van der Waals surface area contributed by atoms with Gasteiger partial charge in [0.2, 0.25) is 0 Å². The van der Waals surface area contributed by atoms with Crippen LogP contribution < -0.4 is 4.74 Å². The lowest BCUT2D eigenvalue weighted by Crippen LogP contribution is -2.17. The fourth-order valence-corrected chi connectivity index (χ4v) is 1.63. The molecule has 0 saturated heterocycles. The zero-order valence-electron chi connectivity index (χ0n) is 8.93. The third kappa shape index (κ3) is 3.92. The van der Waals surface area contributed by atoms with E-state index in [1.54, 1.807) is 0 Å². The molecule has 82 valence electrons. The van der Waals surface area contributed by atoms with Crippen LogP contribution in [0.1, 0.15) is 25.7 Å². The maximum Gasteiger partial charge on any atom is 0.119 e. The van der Waals surface area contributed by atoms with Crippen LogP contribution in [0, 0.1) is 5.92 Å². The van der Waals surface area contributed by atoms with Gasteiger partial charge in [-0.2, -0.15) is 0 Å². The highest BCUT2D eigenvalue weighted by molar-refractivity contribution is 5.20. The molecule has 0 heterocycles. The Morgan fingerprint density at radius 3 is 2.67 bits per heavy atom. The molecule has 1 aliphatic rings. The molecule has 2 heteroatoms. The fraction of sp³-hybridized carbons (Fsp3) is 0.538. The Hall–Kier alpha value is -1.02. The van der Waals surface area contributed by atoms with Gasteiger partial charge in [-0.1, -0.05) is 31.0 Å². The summed E-state index contributed by atoms with van der Waals surface area (Å²) in [6.07, 6.45) is 4.42. The molecule has 15 heavy (non-hydrogen) atoms. The van der Waals surface area contributed by atoms with Crippen molar-refractivity contribution in [1.29, 1.82) is 0 Å². The fourth-order valence-electron chi connectivity index (χ4n) is 1.63. The van der Waals surface area contributed by atoms with Crippen LogP contribution >= 0.6 is 0 Å². The number of aliphatic hydroxyl groups excluding tert-OH is 1. The minimum atomic E-state index is -0.314. The van der Waals surface area contributed by atoms with E-state index in [9.17, 15) is 5.11 Å². The first-order valence-corrected chi connectivity index (χ1v) is 5.70. The molecule has 0 spiro atoms. The largest absolute Gasteiger partial charge is 0.491 e. The first-order valence-electron chi connectivity index (χ1n) is 5.70. The monoisotopic (exact) mass is 206 g/mol. The van der Waals surface area contributed by atoms with Gasteiger partial charge in [-0.3, -0.25) is 0 Å². The molecule has 1 aromatic rings. The number of rotatable bonds is 6. The Balaban J connectivity index is 1.63. The summed E-state index contributed by atoms with van der Waals surface area (Å²) >= 11 is 0. The van der Waals surface area contributed by atoms with Gasteiger partial charge in [0, 0.05) is 0 Å². The van der Waals surface area contributed by atoms with Crippen molar-refractivity contribution in [2.24, 2.45) is 5.92 Å². The summed E-state index contributed by atoms with van der Waals surface area (Å²) in [6.45, 7) is 0.413. The van der Waals surface area contributed by atoms with Gasteiger partial charge in [-0.15, -0.1) is 0 Å². The molecular weight excluding hydrogens is 188 g/mol. The number of para-hydroxylation sites is 1. The molecule has 0 aromatic heterocycles. The van der Waals surface area contributed by atoms with Crippen LogP contribution in [0.4, 0.5) is 0 Å². The molecule has 2 nitrogen and oxygen atoms in total. The van der Waals surface area contributed by atoms with Gasteiger partial charge in [0.15, 0.2) is 0 Å². The SMILES string of the molecule is OC(CCC1CC1)COc1ccccc1. The van der Waals surface area contributed by atoms with E-state index in [1.165, 1.54) is 12.8 Å². The van der Waals surface area contributed by atoms with E-state index in [0.717, 1.165) is 24.5 Å². The highest BCUT2D eigenvalue weighted by Crippen LogP contribution is 2.33. The Kier molecular flexibility index (Phi) is 3.62. The predicted octanol–water partition coefficient (Wildman–Crippen LogP) is 2.62. The van der Waals surface area contributed by atoms with E-state index in [-0.39, 0.29) is 6.10 Å². The van der Waals surface area contributed by atoms with Crippen molar-refractivity contribution >= 4 is 0 Å². The maximum absolute atomic E-state index is 9.66. The topological polar surface area (TPSA) is 29.5 Å². The number of ether oxygens (including phenoxy) is 1. The van der Waals surface area contributed by atoms with Crippen molar-refractivity contribution in [1.82, 2.24) is 0 Å². The third-order valence-electron chi connectivity index (χ3n) is 2.79. The van der Waals surface area contributed by atoms with Crippen LogP contribution in [0.5, 0.6) is 5.75 Å². The van der Waals surface area contributed by atoms with Gasteiger partial charge in [-0.05, 0) is 30.9 Å². The molecule has 1 aromatic carbocycles. The normalized spacial score (nSPS) is 17.4. The first-order chi connectivity index (χ1) is 7.34. The lowest BCUT2D eigenvalue weighted by molar-refractivity contribution is 0.0968.